The average Bonchev–Trinajstić information content (AvgIpc) is 3.69. The van der Waals surface area contributed by atoms with Crippen molar-refractivity contribution in [2.45, 2.75) is 220 Å². The van der Waals surface area contributed by atoms with Gasteiger partial charge in [-0.2, -0.15) is 0 Å². The zero-order chi connectivity index (χ0) is 42.5. The zero-order valence-corrected chi connectivity index (χ0v) is 38.7. The van der Waals surface area contributed by atoms with Crippen LogP contribution in [-0.2, 0) is 0 Å². The summed E-state index contributed by atoms with van der Waals surface area (Å²) in [6.45, 7) is 26.2. The molecule has 10 atom stereocenters. The van der Waals surface area contributed by atoms with Crippen LogP contribution in [0.15, 0.2) is 70.9 Å². The van der Waals surface area contributed by atoms with Crippen LogP contribution in [0.4, 0.5) is 0 Å². The molecular weight excluding hydrogens is 713 g/mol. The number of fused-ring (bicyclic) bond motifs is 2. The monoisotopic (exact) mass is 801 g/mol. The van der Waals surface area contributed by atoms with Crippen LogP contribution in [0, 0.1) is 46.3 Å². The Morgan fingerprint density at radius 3 is 1.34 bits per heavy atom. The molecule has 0 spiro atoms. The highest BCUT2D eigenvalue weighted by molar-refractivity contribution is 5.37. The lowest BCUT2D eigenvalue weighted by molar-refractivity contribution is 0.0590. The molecule has 4 N–H and O–H groups in total. The van der Waals surface area contributed by atoms with Gasteiger partial charge in [-0.05, 0) is 201 Å². The Morgan fingerprint density at radius 1 is 0.603 bits per heavy atom. The minimum absolute atomic E-state index is 0.192. The molecule has 4 nitrogen and oxygen atoms in total. The van der Waals surface area contributed by atoms with Crippen LogP contribution in [0.3, 0.4) is 0 Å². The minimum atomic E-state index is -0.535. The Kier molecular flexibility index (Phi) is 16.3. The first-order valence-electron chi connectivity index (χ1n) is 24.2. The van der Waals surface area contributed by atoms with E-state index in [1.54, 1.807) is 11.1 Å². The maximum Gasteiger partial charge on any atom is 0.0591 e. The van der Waals surface area contributed by atoms with Gasteiger partial charge in [-0.1, -0.05) is 113 Å². The molecule has 0 amide bonds. The molecule has 6 rings (SSSR count). The number of aliphatic hydroxyl groups excluding tert-OH is 2. The molecule has 0 bridgehead atoms. The Hall–Kier alpha value is -1.72. The second-order valence-corrected chi connectivity index (χ2v) is 22.4. The quantitative estimate of drug-likeness (QED) is 0.158. The third-order valence-corrected chi connectivity index (χ3v) is 16.7. The smallest absolute Gasteiger partial charge is 0.0591 e. The van der Waals surface area contributed by atoms with Crippen LogP contribution in [0.25, 0.3) is 0 Å². The van der Waals surface area contributed by atoms with Crippen molar-refractivity contribution in [2.75, 3.05) is 0 Å². The van der Waals surface area contributed by atoms with Crippen molar-refractivity contribution in [3.63, 3.8) is 0 Å². The molecule has 4 heteroatoms. The maximum absolute atomic E-state index is 10.0. The number of aliphatic hydroxyl groups is 4. The highest BCUT2D eigenvalue weighted by atomic mass is 16.3. The van der Waals surface area contributed by atoms with Crippen molar-refractivity contribution in [1.29, 1.82) is 0 Å². The average molecular weight is 801 g/mol. The van der Waals surface area contributed by atoms with Crippen LogP contribution in [0.5, 0.6) is 0 Å². The molecule has 6 saturated carbocycles. The third-order valence-electron chi connectivity index (χ3n) is 16.7. The zero-order valence-electron chi connectivity index (χ0n) is 38.7. The molecule has 6 aliphatic carbocycles. The van der Waals surface area contributed by atoms with Gasteiger partial charge in [0.1, 0.15) is 0 Å². The van der Waals surface area contributed by atoms with Gasteiger partial charge in [0.15, 0.2) is 0 Å². The number of allylic oxidation sites excluding steroid dienone is 8. The molecule has 328 valence electrons. The predicted molar refractivity (Wildman–Crippen MR) is 245 cm³/mol. The molecular formula is C54H88O4. The van der Waals surface area contributed by atoms with Crippen molar-refractivity contribution < 1.29 is 20.4 Å². The van der Waals surface area contributed by atoms with E-state index in [4.69, 9.17) is 0 Å². The summed E-state index contributed by atoms with van der Waals surface area (Å²) in [7, 11) is 0. The lowest BCUT2D eigenvalue weighted by atomic mass is 9.60. The fourth-order valence-corrected chi connectivity index (χ4v) is 13.3. The lowest BCUT2D eigenvalue weighted by Gasteiger charge is -2.44. The fourth-order valence-electron chi connectivity index (χ4n) is 13.3. The molecule has 6 aliphatic rings. The molecule has 0 radical (unpaired) electrons. The van der Waals surface area contributed by atoms with Gasteiger partial charge in [0.05, 0.1) is 23.4 Å². The molecule has 0 aromatic heterocycles. The summed E-state index contributed by atoms with van der Waals surface area (Å²) in [5, 5.41) is 40.1. The van der Waals surface area contributed by atoms with E-state index in [-0.39, 0.29) is 12.2 Å². The van der Waals surface area contributed by atoms with Crippen molar-refractivity contribution in [1.82, 2.24) is 0 Å². The summed E-state index contributed by atoms with van der Waals surface area (Å²) in [6, 6.07) is 0. The molecule has 58 heavy (non-hydrogen) atoms. The second kappa shape index (κ2) is 20.0. The minimum Gasteiger partial charge on any atom is -0.393 e. The normalized spacial score (nSPS) is 37.2. The van der Waals surface area contributed by atoms with E-state index in [0.717, 1.165) is 99.7 Å². The van der Waals surface area contributed by atoms with E-state index in [9.17, 15) is 20.4 Å². The van der Waals surface area contributed by atoms with Gasteiger partial charge in [-0.25, -0.2) is 0 Å². The first-order valence-corrected chi connectivity index (χ1v) is 24.2. The van der Waals surface area contributed by atoms with Crippen molar-refractivity contribution in [2.24, 2.45) is 46.3 Å². The number of hydrogen-bond donors (Lipinski definition) is 4. The second-order valence-electron chi connectivity index (χ2n) is 22.4. The summed E-state index contributed by atoms with van der Waals surface area (Å²) in [5.74, 6) is 4.51. The molecule has 0 aliphatic heterocycles. The van der Waals surface area contributed by atoms with Crippen LogP contribution >= 0.6 is 0 Å². The molecule has 0 aromatic carbocycles. The SMILES string of the molecule is C=C1CC[C@H](O)C/C1=C/C=C1\CCC[C@]2(C)[C@@H]([C@H](C)CCCC(C)(C)O)CC[C@@H]12.C=C1CC[C@H](O)C/C1=C/C=C1\CCC[C@]2(C)[C@@H]([C@H](C)CCCC(C)(C)O)CC[C@@H]12. The van der Waals surface area contributed by atoms with Gasteiger partial charge < -0.3 is 20.4 Å². The van der Waals surface area contributed by atoms with E-state index in [0.29, 0.717) is 10.8 Å². The van der Waals surface area contributed by atoms with Crippen LogP contribution in [-0.4, -0.2) is 43.8 Å². The maximum atomic E-state index is 10.0. The summed E-state index contributed by atoms with van der Waals surface area (Å²) in [4.78, 5) is 0. The molecule has 0 saturated heterocycles. The highest BCUT2D eigenvalue weighted by Crippen LogP contribution is 2.61. The summed E-state index contributed by atoms with van der Waals surface area (Å²) >= 11 is 0. The van der Waals surface area contributed by atoms with Gasteiger partial charge >= 0.3 is 0 Å². The van der Waals surface area contributed by atoms with Crippen molar-refractivity contribution in [3.05, 3.63) is 70.9 Å². The molecule has 6 fully saturated rings. The third kappa shape index (κ3) is 12.2. The van der Waals surface area contributed by atoms with Crippen molar-refractivity contribution >= 4 is 0 Å². The summed E-state index contributed by atoms with van der Waals surface area (Å²) in [5.41, 5.74) is 8.04. The van der Waals surface area contributed by atoms with Gasteiger partial charge in [0, 0.05) is 0 Å². The molecule has 0 aromatic rings. The van der Waals surface area contributed by atoms with Gasteiger partial charge in [-0.15, -0.1) is 0 Å². The van der Waals surface area contributed by atoms with Crippen LogP contribution in [0.1, 0.15) is 197 Å². The predicted octanol–water partition coefficient (Wildman–Crippen LogP) is 13.5. The van der Waals surface area contributed by atoms with Crippen molar-refractivity contribution in [3.8, 4) is 0 Å². The van der Waals surface area contributed by atoms with Gasteiger partial charge in [-0.3, -0.25) is 0 Å². The largest absolute Gasteiger partial charge is 0.393 e. The van der Waals surface area contributed by atoms with E-state index in [1.807, 2.05) is 27.7 Å². The molecule has 0 unspecified atom stereocenters. The standard InChI is InChI=1S/2C27H44O2/c2*1-19-10-13-23(28)18-22(19)12-11-21-9-7-17-27(5)24(14-15-25(21)27)20(2)8-6-16-26(3,4)29/h2*11-12,20,23-25,28-29H,1,6-10,13-18H2,2-5H3/b2*21-11+,22-12-/t2*20-,23+,24-,25+,27-/m11/s1. The lowest BCUT2D eigenvalue weighted by Crippen LogP contribution is -2.36. The summed E-state index contributed by atoms with van der Waals surface area (Å²) in [6.07, 6.45) is 33.8. The Bertz CT molecular complexity index is 1410. The van der Waals surface area contributed by atoms with E-state index in [2.05, 4.69) is 65.2 Å². The molecule has 0 heterocycles. The highest BCUT2D eigenvalue weighted by Gasteiger charge is 2.51. The first-order chi connectivity index (χ1) is 27.2. The Labute approximate surface area is 356 Å². The van der Waals surface area contributed by atoms with Crippen LogP contribution in [0.2, 0.25) is 0 Å². The first kappa shape index (κ1) is 47.3. The van der Waals surface area contributed by atoms with Gasteiger partial charge in [0.25, 0.3) is 0 Å². The van der Waals surface area contributed by atoms with E-state index >= 15 is 0 Å². The summed E-state index contributed by atoms with van der Waals surface area (Å²) < 4.78 is 0. The Morgan fingerprint density at radius 2 is 0.983 bits per heavy atom. The van der Waals surface area contributed by atoms with Gasteiger partial charge in [0.2, 0.25) is 0 Å². The van der Waals surface area contributed by atoms with Crippen LogP contribution < -0.4 is 0 Å². The number of hydrogen-bond acceptors (Lipinski definition) is 4. The topological polar surface area (TPSA) is 80.9 Å². The van der Waals surface area contributed by atoms with E-state index < -0.39 is 11.2 Å². The number of rotatable bonds is 12. The van der Waals surface area contributed by atoms with E-state index in [1.165, 1.54) is 99.3 Å². The fraction of sp³-hybridized carbons (Fsp3) is 0.778. The Balaban J connectivity index is 0.000000221.